The first-order valence-corrected chi connectivity index (χ1v) is 4.20. The number of rotatable bonds is 1. The second kappa shape index (κ2) is 6.42. The first-order chi connectivity index (χ1) is 6.95. The van der Waals surface area contributed by atoms with Crippen LogP contribution in [0, 0.1) is 0 Å². The minimum Gasteiger partial charge on any atom is -0.465 e. The zero-order valence-corrected chi connectivity index (χ0v) is 8.68. The zero-order chi connectivity index (χ0) is 11.8. The van der Waals surface area contributed by atoms with Gasteiger partial charge in [0, 0.05) is 19.7 Å². The van der Waals surface area contributed by atoms with Gasteiger partial charge in [-0.25, -0.2) is 4.79 Å². The molecule has 0 radical (unpaired) electrons. The van der Waals surface area contributed by atoms with Crippen LogP contribution in [0.25, 0.3) is 0 Å². The van der Waals surface area contributed by atoms with Gasteiger partial charge in [-0.3, -0.25) is 4.79 Å². The van der Waals surface area contributed by atoms with Crippen LogP contribution in [0.4, 0.5) is 4.79 Å². The number of carbonyl (C=O) groups is 2. The molecule has 3 N–H and O–H groups in total. The summed E-state index contributed by atoms with van der Waals surface area (Å²) >= 11 is 0. The van der Waals surface area contributed by atoms with Crippen LogP contribution in [0.1, 0.15) is 10.4 Å². The summed E-state index contributed by atoms with van der Waals surface area (Å²) in [4.78, 5) is 21.1. The summed E-state index contributed by atoms with van der Waals surface area (Å²) in [7, 11) is 2.95. The highest BCUT2D eigenvalue weighted by Gasteiger charge is 1.93. The van der Waals surface area contributed by atoms with Crippen LogP contribution < -0.4 is 5.73 Å². The fraction of sp³-hybridized carbons (Fsp3) is 0.200. The lowest BCUT2D eigenvalue weighted by Gasteiger charge is -1.99. The zero-order valence-electron chi connectivity index (χ0n) is 8.68. The number of amides is 2. The average molecular weight is 210 g/mol. The van der Waals surface area contributed by atoms with E-state index in [-0.39, 0.29) is 5.91 Å². The summed E-state index contributed by atoms with van der Waals surface area (Å²) in [5.74, 6) is -0.379. The van der Waals surface area contributed by atoms with Crippen LogP contribution in [0.15, 0.2) is 30.3 Å². The monoisotopic (exact) mass is 210 g/mol. The van der Waals surface area contributed by atoms with Crippen molar-refractivity contribution in [3.05, 3.63) is 35.9 Å². The molecule has 1 aromatic carbocycles. The van der Waals surface area contributed by atoms with Crippen molar-refractivity contribution in [3.63, 3.8) is 0 Å². The minimum atomic E-state index is -0.907. The summed E-state index contributed by atoms with van der Waals surface area (Å²) in [6.45, 7) is 0. The predicted octanol–water partition coefficient (Wildman–Crippen LogP) is 1.01. The van der Waals surface area contributed by atoms with E-state index in [9.17, 15) is 9.59 Å². The number of hydrogen-bond acceptors (Lipinski definition) is 2. The third kappa shape index (κ3) is 6.09. The van der Waals surface area contributed by atoms with Crippen molar-refractivity contribution < 1.29 is 14.7 Å². The van der Waals surface area contributed by atoms with Crippen molar-refractivity contribution in [1.29, 1.82) is 0 Å². The van der Waals surface area contributed by atoms with Gasteiger partial charge in [0.15, 0.2) is 0 Å². The molecule has 0 unspecified atom stereocenters. The van der Waals surface area contributed by atoms with E-state index < -0.39 is 6.09 Å². The fourth-order valence-corrected chi connectivity index (χ4v) is 0.602. The second-order valence-electron chi connectivity index (χ2n) is 2.91. The summed E-state index contributed by atoms with van der Waals surface area (Å²) in [6, 6.07) is 8.76. The third-order valence-corrected chi connectivity index (χ3v) is 1.44. The van der Waals surface area contributed by atoms with Crippen molar-refractivity contribution in [2.24, 2.45) is 5.73 Å². The molecule has 1 rings (SSSR count). The lowest BCUT2D eigenvalue weighted by atomic mass is 10.2. The Kier molecular flexibility index (Phi) is 5.55. The maximum absolute atomic E-state index is 10.4. The Morgan fingerprint density at radius 3 is 1.80 bits per heavy atom. The van der Waals surface area contributed by atoms with Gasteiger partial charge < -0.3 is 15.7 Å². The Labute approximate surface area is 88.1 Å². The molecule has 0 saturated carbocycles. The van der Waals surface area contributed by atoms with Gasteiger partial charge in [0.1, 0.15) is 0 Å². The van der Waals surface area contributed by atoms with Crippen LogP contribution >= 0.6 is 0 Å². The summed E-state index contributed by atoms with van der Waals surface area (Å²) in [6.07, 6.45) is -0.907. The molecule has 15 heavy (non-hydrogen) atoms. The normalized spacial score (nSPS) is 8.40. The van der Waals surface area contributed by atoms with Crippen LogP contribution in [-0.4, -0.2) is 36.1 Å². The molecule has 82 valence electrons. The Morgan fingerprint density at radius 2 is 1.60 bits per heavy atom. The molecule has 0 heterocycles. The number of carbonyl (C=O) groups excluding carboxylic acids is 1. The van der Waals surface area contributed by atoms with Gasteiger partial charge in [-0.2, -0.15) is 0 Å². The van der Waals surface area contributed by atoms with E-state index in [0.717, 1.165) is 4.90 Å². The van der Waals surface area contributed by atoms with Crippen molar-refractivity contribution in [2.75, 3.05) is 14.1 Å². The van der Waals surface area contributed by atoms with Gasteiger partial charge in [0.2, 0.25) is 5.91 Å². The molecule has 0 spiro atoms. The molecule has 0 bridgehead atoms. The number of hydrogen-bond donors (Lipinski definition) is 2. The third-order valence-electron chi connectivity index (χ3n) is 1.44. The molecular weight excluding hydrogens is 196 g/mol. The lowest BCUT2D eigenvalue weighted by molar-refractivity contribution is 0.1000. The first kappa shape index (κ1) is 13.0. The molecule has 5 nitrogen and oxygen atoms in total. The van der Waals surface area contributed by atoms with Gasteiger partial charge in [-0.1, -0.05) is 18.2 Å². The van der Waals surface area contributed by atoms with Crippen molar-refractivity contribution in [3.8, 4) is 0 Å². The van der Waals surface area contributed by atoms with Crippen LogP contribution in [0.5, 0.6) is 0 Å². The summed E-state index contributed by atoms with van der Waals surface area (Å²) in [5.41, 5.74) is 5.53. The van der Waals surface area contributed by atoms with Crippen molar-refractivity contribution >= 4 is 12.0 Å². The fourth-order valence-electron chi connectivity index (χ4n) is 0.602. The number of nitrogens with zero attached hydrogens (tertiary/aromatic N) is 1. The van der Waals surface area contributed by atoms with Gasteiger partial charge in [0.05, 0.1) is 0 Å². The van der Waals surface area contributed by atoms with Crippen LogP contribution in [0.3, 0.4) is 0 Å². The Hall–Kier alpha value is -2.04. The lowest BCUT2D eigenvalue weighted by Crippen LogP contribution is -2.18. The Balaban J connectivity index is 0.000000288. The van der Waals surface area contributed by atoms with Gasteiger partial charge in [0.25, 0.3) is 0 Å². The Bertz CT molecular complexity index is 323. The van der Waals surface area contributed by atoms with E-state index in [0.29, 0.717) is 5.56 Å². The predicted molar refractivity (Wildman–Crippen MR) is 56.7 cm³/mol. The highest BCUT2D eigenvalue weighted by Crippen LogP contribution is 1.94. The minimum absolute atomic E-state index is 0.379. The molecule has 0 aliphatic carbocycles. The van der Waals surface area contributed by atoms with E-state index >= 15 is 0 Å². The molecule has 0 saturated heterocycles. The Morgan fingerprint density at radius 1 is 1.20 bits per heavy atom. The molecule has 2 amide bonds. The number of benzene rings is 1. The molecule has 0 aromatic heterocycles. The van der Waals surface area contributed by atoms with Crippen LogP contribution in [-0.2, 0) is 0 Å². The topological polar surface area (TPSA) is 83.6 Å². The second-order valence-corrected chi connectivity index (χ2v) is 2.91. The summed E-state index contributed by atoms with van der Waals surface area (Å²) in [5, 5.41) is 7.92. The number of primary amides is 1. The van der Waals surface area contributed by atoms with E-state index in [1.165, 1.54) is 14.1 Å². The van der Waals surface area contributed by atoms with E-state index in [2.05, 4.69) is 0 Å². The van der Waals surface area contributed by atoms with Crippen molar-refractivity contribution in [1.82, 2.24) is 4.90 Å². The standard InChI is InChI=1S/C7H7NO.C3H7NO2/c8-7(9)6-4-2-1-3-5-6;1-4(2)3(5)6/h1-5H,(H2,8,9);1-2H3,(H,5,6). The van der Waals surface area contributed by atoms with E-state index in [1.54, 1.807) is 24.3 Å². The average Bonchev–Trinajstić information content (AvgIpc) is 2.20. The molecule has 0 fully saturated rings. The van der Waals surface area contributed by atoms with Crippen molar-refractivity contribution in [2.45, 2.75) is 0 Å². The highest BCUT2D eigenvalue weighted by atomic mass is 16.4. The molecule has 0 atom stereocenters. The highest BCUT2D eigenvalue weighted by molar-refractivity contribution is 5.92. The summed E-state index contributed by atoms with van der Waals surface area (Å²) < 4.78 is 0. The van der Waals surface area contributed by atoms with Gasteiger partial charge in [-0.15, -0.1) is 0 Å². The first-order valence-electron chi connectivity index (χ1n) is 4.20. The molecule has 0 aliphatic heterocycles. The van der Waals surface area contributed by atoms with Gasteiger partial charge >= 0.3 is 6.09 Å². The molecule has 1 aromatic rings. The van der Waals surface area contributed by atoms with E-state index in [1.807, 2.05) is 6.07 Å². The molecule has 0 aliphatic rings. The smallest absolute Gasteiger partial charge is 0.406 e. The maximum Gasteiger partial charge on any atom is 0.406 e. The van der Waals surface area contributed by atoms with Gasteiger partial charge in [-0.05, 0) is 12.1 Å². The molecular formula is C10H14N2O3. The quantitative estimate of drug-likeness (QED) is 0.725. The van der Waals surface area contributed by atoms with Crippen LogP contribution in [0.2, 0.25) is 0 Å². The number of nitrogens with two attached hydrogens (primary N) is 1. The SMILES string of the molecule is CN(C)C(=O)O.NC(=O)c1ccccc1. The maximum atomic E-state index is 10.4. The largest absolute Gasteiger partial charge is 0.465 e. The molecule has 5 heteroatoms. The van der Waals surface area contributed by atoms with E-state index in [4.69, 9.17) is 10.8 Å². The number of carboxylic acid groups (broad SMARTS) is 1.